The van der Waals surface area contributed by atoms with Crippen LogP contribution in [0.1, 0.15) is 30.4 Å². The van der Waals surface area contributed by atoms with Crippen LogP contribution in [0.4, 0.5) is 15.8 Å². The lowest BCUT2D eigenvalue weighted by Gasteiger charge is -2.21. The predicted molar refractivity (Wildman–Crippen MR) is 136 cm³/mol. The third-order valence-corrected chi connectivity index (χ3v) is 6.38. The summed E-state index contributed by atoms with van der Waals surface area (Å²) in [4.78, 5) is 28.6. The lowest BCUT2D eigenvalue weighted by atomic mass is 10.0. The molecule has 1 unspecified atom stereocenters. The standard InChI is InChI=1S/C27H25FN6O/c1-16-7-8-17(15-31-16)20-12-18(29-2)13-21-25(20)32-26(23-6-5-11-30-23)34(27(21)35)19-9-10-24(33(3)4)22(28)14-19/h7-10,12-15,23,30H,5-6,11H2,1,3-4H3. The van der Waals surface area contributed by atoms with Crippen LogP contribution in [0, 0.1) is 19.3 Å². The maximum atomic E-state index is 14.9. The highest BCUT2D eigenvalue weighted by Crippen LogP contribution is 2.33. The minimum absolute atomic E-state index is 0.145. The van der Waals surface area contributed by atoms with Gasteiger partial charge in [-0.15, -0.1) is 0 Å². The van der Waals surface area contributed by atoms with Crippen LogP contribution in [0.15, 0.2) is 53.5 Å². The van der Waals surface area contributed by atoms with E-state index in [1.165, 1.54) is 10.6 Å². The summed E-state index contributed by atoms with van der Waals surface area (Å²) in [5, 5.41) is 3.74. The van der Waals surface area contributed by atoms with Crippen LogP contribution < -0.4 is 15.8 Å². The molecule has 0 aliphatic carbocycles. The van der Waals surface area contributed by atoms with Gasteiger partial charge in [0.1, 0.15) is 11.6 Å². The van der Waals surface area contributed by atoms with E-state index in [2.05, 4.69) is 15.1 Å². The van der Waals surface area contributed by atoms with Crippen LogP contribution in [-0.2, 0) is 0 Å². The molecule has 1 atom stereocenters. The van der Waals surface area contributed by atoms with E-state index in [0.29, 0.717) is 39.4 Å². The molecule has 1 N–H and O–H groups in total. The molecule has 0 saturated carbocycles. The molecule has 35 heavy (non-hydrogen) atoms. The average molecular weight is 469 g/mol. The van der Waals surface area contributed by atoms with E-state index in [1.54, 1.807) is 49.5 Å². The average Bonchev–Trinajstić information content (AvgIpc) is 3.38. The summed E-state index contributed by atoms with van der Waals surface area (Å²) in [6.45, 7) is 10.3. The zero-order valence-corrected chi connectivity index (χ0v) is 19.8. The van der Waals surface area contributed by atoms with Gasteiger partial charge in [0, 0.05) is 37.6 Å². The zero-order chi connectivity index (χ0) is 24.7. The molecule has 0 bridgehead atoms. The molecule has 0 radical (unpaired) electrons. The van der Waals surface area contributed by atoms with Gasteiger partial charge in [-0.25, -0.2) is 14.2 Å². The maximum absolute atomic E-state index is 14.9. The number of nitrogens with zero attached hydrogens (tertiary/aromatic N) is 5. The van der Waals surface area contributed by atoms with Crippen molar-refractivity contribution in [3.63, 3.8) is 0 Å². The summed E-state index contributed by atoms with van der Waals surface area (Å²) >= 11 is 0. The van der Waals surface area contributed by atoms with E-state index in [0.717, 1.165) is 30.6 Å². The number of benzene rings is 2. The summed E-state index contributed by atoms with van der Waals surface area (Å²) in [7, 11) is 3.53. The lowest BCUT2D eigenvalue weighted by Crippen LogP contribution is -2.29. The Kier molecular flexibility index (Phi) is 5.79. The molecule has 8 heteroatoms. The number of fused-ring (bicyclic) bond motifs is 1. The first-order chi connectivity index (χ1) is 16.9. The quantitative estimate of drug-likeness (QED) is 0.430. The van der Waals surface area contributed by atoms with E-state index < -0.39 is 5.82 Å². The van der Waals surface area contributed by atoms with Gasteiger partial charge in [0.2, 0.25) is 0 Å². The second-order valence-corrected chi connectivity index (χ2v) is 8.98. The summed E-state index contributed by atoms with van der Waals surface area (Å²) in [5.74, 6) is 0.111. The molecule has 1 aliphatic rings. The third kappa shape index (κ3) is 4.04. The van der Waals surface area contributed by atoms with Crippen molar-refractivity contribution in [2.75, 3.05) is 25.5 Å². The van der Waals surface area contributed by atoms with Crippen molar-refractivity contribution in [1.29, 1.82) is 0 Å². The zero-order valence-electron chi connectivity index (χ0n) is 19.8. The fourth-order valence-corrected chi connectivity index (χ4v) is 4.59. The molecule has 5 rings (SSSR count). The van der Waals surface area contributed by atoms with E-state index >= 15 is 0 Å². The molecule has 4 aromatic rings. The van der Waals surface area contributed by atoms with Gasteiger partial charge >= 0.3 is 0 Å². The molecular formula is C27H25FN6O. The number of aromatic nitrogens is 3. The first-order valence-corrected chi connectivity index (χ1v) is 11.5. The Morgan fingerprint density at radius 1 is 1.20 bits per heavy atom. The SMILES string of the molecule is [C-]#[N+]c1cc(-c2ccc(C)nc2)c2nc(C3CCCN3)n(-c3ccc(N(C)C)c(F)c3)c(=O)c2c1. The minimum Gasteiger partial charge on any atom is -0.375 e. The van der Waals surface area contributed by atoms with E-state index in [4.69, 9.17) is 11.6 Å². The van der Waals surface area contributed by atoms with Gasteiger partial charge < -0.3 is 10.2 Å². The largest absolute Gasteiger partial charge is 0.375 e. The number of pyridine rings is 1. The normalized spacial score (nSPS) is 15.3. The van der Waals surface area contributed by atoms with Crippen LogP contribution >= 0.6 is 0 Å². The Balaban J connectivity index is 1.84. The number of aryl methyl sites for hydroxylation is 1. The number of halogens is 1. The highest BCUT2D eigenvalue weighted by molar-refractivity contribution is 5.96. The fourth-order valence-electron chi connectivity index (χ4n) is 4.59. The molecule has 3 heterocycles. The van der Waals surface area contributed by atoms with E-state index in [9.17, 15) is 9.18 Å². The molecule has 1 fully saturated rings. The van der Waals surface area contributed by atoms with Gasteiger partial charge in [-0.2, -0.15) is 0 Å². The number of nitrogens with one attached hydrogen (secondary N) is 1. The highest BCUT2D eigenvalue weighted by atomic mass is 19.1. The smallest absolute Gasteiger partial charge is 0.264 e. The summed E-state index contributed by atoms with van der Waals surface area (Å²) < 4.78 is 16.4. The van der Waals surface area contributed by atoms with Gasteiger partial charge in [-0.1, -0.05) is 6.07 Å². The van der Waals surface area contributed by atoms with Crippen molar-refractivity contribution in [2.45, 2.75) is 25.8 Å². The Morgan fingerprint density at radius 2 is 2.03 bits per heavy atom. The maximum Gasteiger partial charge on any atom is 0.264 e. The molecule has 176 valence electrons. The van der Waals surface area contributed by atoms with Crippen molar-refractivity contribution in [2.24, 2.45) is 0 Å². The highest BCUT2D eigenvalue weighted by Gasteiger charge is 2.25. The third-order valence-electron chi connectivity index (χ3n) is 6.38. The van der Waals surface area contributed by atoms with Gasteiger partial charge in [0.05, 0.1) is 34.9 Å². The first kappa shape index (κ1) is 22.7. The summed E-state index contributed by atoms with van der Waals surface area (Å²) in [5.41, 5.74) is 3.68. The molecule has 1 aliphatic heterocycles. The van der Waals surface area contributed by atoms with Crippen molar-refractivity contribution in [3.8, 4) is 16.8 Å². The Bertz CT molecular complexity index is 1530. The predicted octanol–water partition coefficient (Wildman–Crippen LogP) is 4.94. The Morgan fingerprint density at radius 3 is 2.66 bits per heavy atom. The fraction of sp³-hybridized carbons (Fsp3) is 0.259. The van der Waals surface area contributed by atoms with Crippen molar-refractivity contribution >= 4 is 22.3 Å². The number of hydrogen-bond acceptors (Lipinski definition) is 5. The van der Waals surface area contributed by atoms with E-state index in [-0.39, 0.29) is 11.6 Å². The number of hydrogen-bond donors (Lipinski definition) is 1. The van der Waals surface area contributed by atoms with Crippen LogP contribution in [0.3, 0.4) is 0 Å². The van der Waals surface area contributed by atoms with Crippen LogP contribution in [0.2, 0.25) is 0 Å². The van der Waals surface area contributed by atoms with E-state index in [1.807, 2.05) is 19.1 Å². The number of rotatable bonds is 4. The van der Waals surface area contributed by atoms with Gasteiger partial charge in [-0.3, -0.25) is 14.3 Å². The van der Waals surface area contributed by atoms with Crippen LogP contribution in [0.25, 0.3) is 32.6 Å². The molecule has 2 aromatic heterocycles. The molecule has 0 spiro atoms. The van der Waals surface area contributed by atoms with Gasteiger partial charge in [0.25, 0.3) is 5.56 Å². The van der Waals surface area contributed by atoms with Crippen LogP contribution in [-0.4, -0.2) is 35.2 Å². The molecule has 7 nitrogen and oxygen atoms in total. The minimum atomic E-state index is -0.425. The topological polar surface area (TPSA) is 67.4 Å². The lowest BCUT2D eigenvalue weighted by molar-refractivity contribution is 0.581. The Labute approximate surface area is 202 Å². The van der Waals surface area contributed by atoms with Crippen molar-refractivity contribution in [1.82, 2.24) is 19.9 Å². The number of anilines is 1. The monoisotopic (exact) mass is 468 g/mol. The summed E-state index contributed by atoms with van der Waals surface area (Å²) in [6.07, 6.45) is 3.50. The van der Waals surface area contributed by atoms with Gasteiger partial charge in [-0.05, 0) is 62.2 Å². The summed E-state index contributed by atoms with van der Waals surface area (Å²) in [6, 6.07) is 11.7. The first-order valence-electron chi connectivity index (χ1n) is 11.5. The van der Waals surface area contributed by atoms with Crippen LogP contribution in [0.5, 0.6) is 0 Å². The van der Waals surface area contributed by atoms with Gasteiger partial charge in [0.15, 0.2) is 5.69 Å². The Hall–Kier alpha value is -4.09. The van der Waals surface area contributed by atoms with Crippen molar-refractivity contribution in [3.05, 3.63) is 87.8 Å². The molecular weight excluding hydrogens is 443 g/mol. The second-order valence-electron chi connectivity index (χ2n) is 8.98. The van der Waals surface area contributed by atoms with Crippen molar-refractivity contribution < 1.29 is 4.39 Å². The molecule has 1 saturated heterocycles. The molecule has 0 amide bonds. The second kappa shape index (κ2) is 8.93. The molecule has 2 aromatic carbocycles.